The van der Waals surface area contributed by atoms with E-state index in [1.54, 1.807) is 0 Å². The van der Waals surface area contributed by atoms with Crippen molar-refractivity contribution in [3.05, 3.63) is 72.7 Å². The van der Waals surface area contributed by atoms with Crippen LogP contribution in [-0.2, 0) is 4.79 Å². The Balaban J connectivity index is 1.33. The monoisotopic (exact) mass is 448 g/mol. The van der Waals surface area contributed by atoms with E-state index < -0.39 is 0 Å². The largest absolute Gasteiger partial charge is 0.383 e. The number of nitrogens with two attached hydrogens (primary N) is 1. The zero-order valence-electron chi connectivity index (χ0n) is 18.7. The summed E-state index contributed by atoms with van der Waals surface area (Å²) in [6.07, 6.45) is 5.86. The summed E-state index contributed by atoms with van der Waals surface area (Å²) in [6.45, 7) is 5.15. The Morgan fingerprint density at radius 1 is 1.15 bits per heavy atom. The normalized spacial score (nSPS) is 18.6. The van der Waals surface area contributed by atoms with Crippen LogP contribution in [0.25, 0.3) is 21.8 Å². The van der Waals surface area contributed by atoms with E-state index in [9.17, 15) is 4.79 Å². The summed E-state index contributed by atoms with van der Waals surface area (Å²) in [7, 11) is 0. The van der Waals surface area contributed by atoms with E-state index in [1.165, 1.54) is 17.8 Å². The van der Waals surface area contributed by atoms with Crippen molar-refractivity contribution in [2.75, 3.05) is 18.8 Å². The standard InChI is InChI=1S/C27H24N6O/c1-2-23(34)32-15-27(16-32)12-11-21(14-27)33-26-24(25(28)29-17-30-26)22(31-33)10-8-18-7-9-19-5-3-4-6-20(19)13-18/h2-7,9,13,17,21H,1,11-12,14-16H2,(H2,28,29,30). The maximum absolute atomic E-state index is 11.9. The van der Waals surface area contributed by atoms with Crippen LogP contribution in [0.4, 0.5) is 5.82 Å². The highest BCUT2D eigenvalue weighted by atomic mass is 16.2. The molecule has 2 fully saturated rings. The topological polar surface area (TPSA) is 89.9 Å². The lowest BCUT2D eigenvalue weighted by atomic mass is 9.78. The van der Waals surface area contributed by atoms with Crippen LogP contribution in [0.5, 0.6) is 0 Å². The second-order valence-electron chi connectivity index (χ2n) is 9.36. The molecule has 7 nitrogen and oxygen atoms in total. The van der Waals surface area contributed by atoms with Crippen molar-refractivity contribution in [2.24, 2.45) is 5.41 Å². The molecule has 7 heteroatoms. The zero-order valence-corrected chi connectivity index (χ0v) is 18.7. The second-order valence-corrected chi connectivity index (χ2v) is 9.36. The van der Waals surface area contributed by atoms with Crippen molar-refractivity contribution in [1.29, 1.82) is 0 Å². The molecule has 2 aromatic heterocycles. The molecule has 1 saturated heterocycles. The summed E-state index contributed by atoms with van der Waals surface area (Å²) >= 11 is 0. The van der Waals surface area contributed by atoms with Crippen LogP contribution in [0, 0.1) is 17.3 Å². The van der Waals surface area contributed by atoms with Crippen LogP contribution < -0.4 is 5.73 Å². The summed E-state index contributed by atoms with van der Waals surface area (Å²) in [4.78, 5) is 22.5. The molecular weight excluding hydrogens is 424 g/mol. The number of hydrogen-bond acceptors (Lipinski definition) is 5. The molecule has 2 N–H and O–H groups in total. The van der Waals surface area contributed by atoms with E-state index in [1.807, 2.05) is 27.8 Å². The molecule has 34 heavy (non-hydrogen) atoms. The van der Waals surface area contributed by atoms with E-state index in [4.69, 9.17) is 10.8 Å². The molecule has 2 aliphatic rings. The highest BCUT2D eigenvalue weighted by Crippen LogP contribution is 2.50. The van der Waals surface area contributed by atoms with Crippen molar-refractivity contribution in [3.63, 3.8) is 0 Å². The van der Waals surface area contributed by atoms with Crippen molar-refractivity contribution < 1.29 is 4.79 Å². The predicted octanol–water partition coefficient (Wildman–Crippen LogP) is 3.70. The lowest BCUT2D eigenvalue weighted by molar-refractivity contribution is -0.137. The fourth-order valence-corrected chi connectivity index (χ4v) is 5.46. The molecule has 3 heterocycles. The fourth-order valence-electron chi connectivity index (χ4n) is 5.46. The van der Waals surface area contributed by atoms with Gasteiger partial charge in [-0.1, -0.05) is 42.8 Å². The summed E-state index contributed by atoms with van der Waals surface area (Å²) in [5.41, 5.74) is 8.62. The average Bonchev–Trinajstić information content (AvgIpc) is 3.44. The first-order chi connectivity index (χ1) is 16.5. The quantitative estimate of drug-likeness (QED) is 0.373. The van der Waals surface area contributed by atoms with Crippen LogP contribution >= 0.6 is 0 Å². The molecule has 1 amide bonds. The summed E-state index contributed by atoms with van der Waals surface area (Å²) in [5.74, 6) is 6.87. The van der Waals surface area contributed by atoms with Crippen LogP contribution in [-0.4, -0.2) is 43.6 Å². The number of carbonyl (C=O) groups excluding carboxylic acids is 1. The number of hydrogen-bond donors (Lipinski definition) is 1. The van der Waals surface area contributed by atoms with E-state index in [2.05, 4.69) is 52.7 Å². The van der Waals surface area contributed by atoms with Gasteiger partial charge in [-0.25, -0.2) is 14.6 Å². The van der Waals surface area contributed by atoms with E-state index in [0.717, 1.165) is 48.9 Å². The maximum atomic E-state index is 11.9. The summed E-state index contributed by atoms with van der Waals surface area (Å²) in [5, 5.41) is 7.90. The first kappa shape index (κ1) is 20.4. The third-order valence-electron chi connectivity index (χ3n) is 7.15. The number of rotatable bonds is 2. The third kappa shape index (κ3) is 3.30. The Morgan fingerprint density at radius 3 is 2.79 bits per heavy atom. The summed E-state index contributed by atoms with van der Waals surface area (Å²) < 4.78 is 1.98. The van der Waals surface area contributed by atoms with Gasteiger partial charge in [0.05, 0.1) is 11.4 Å². The van der Waals surface area contributed by atoms with Crippen LogP contribution in [0.3, 0.4) is 0 Å². The number of benzene rings is 2. The van der Waals surface area contributed by atoms with E-state index in [-0.39, 0.29) is 17.4 Å². The van der Waals surface area contributed by atoms with E-state index in [0.29, 0.717) is 16.9 Å². The molecule has 1 aliphatic heterocycles. The second kappa shape index (κ2) is 7.70. The Kier molecular flexibility index (Phi) is 4.63. The molecule has 1 atom stereocenters. The van der Waals surface area contributed by atoms with Gasteiger partial charge < -0.3 is 10.6 Å². The van der Waals surface area contributed by atoms with Gasteiger partial charge in [0, 0.05) is 24.1 Å². The number of fused-ring (bicyclic) bond motifs is 2. The van der Waals surface area contributed by atoms with Crippen molar-refractivity contribution in [2.45, 2.75) is 25.3 Å². The molecule has 1 saturated carbocycles. The number of likely N-dealkylation sites (tertiary alicyclic amines) is 1. The lowest BCUT2D eigenvalue weighted by Crippen LogP contribution is -2.56. The molecule has 4 aromatic rings. The number of nitrogen functional groups attached to an aromatic ring is 1. The Hall–Kier alpha value is -4.18. The van der Waals surface area contributed by atoms with Gasteiger partial charge in [0.1, 0.15) is 17.8 Å². The molecule has 0 radical (unpaired) electrons. The van der Waals surface area contributed by atoms with Gasteiger partial charge in [0.15, 0.2) is 5.65 Å². The number of aromatic nitrogens is 4. The maximum Gasteiger partial charge on any atom is 0.245 e. The van der Waals surface area contributed by atoms with Crippen LogP contribution in [0.1, 0.15) is 36.6 Å². The van der Waals surface area contributed by atoms with Gasteiger partial charge in [-0.3, -0.25) is 4.79 Å². The predicted molar refractivity (Wildman–Crippen MR) is 132 cm³/mol. The minimum atomic E-state index is 0.00498. The molecule has 6 rings (SSSR count). The van der Waals surface area contributed by atoms with Gasteiger partial charge in [-0.2, -0.15) is 5.10 Å². The van der Waals surface area contributed by atoms with Crippen LogP contribution in [0.2, 0.25) is 0 Å². The number of carbonyl (C=O) groups is 1. The first-order valence-electron chi connectivity index (χ1n) is 11.5. The number of anilines is 1. The van der Waals surface area contributed by atoms with Crippen molar-refractivity contribution in [1.82, 2.24) is 24.6 Å². The Morgan fingerprint density at radius 2 is 1.97 bits per heavy atom. The van der Waals surface area contributed by atoms with Gasteiger partial charge in [-0.05, 0) is 54.2 Å². The first-order valence-corrected chi connectivity index (χ1v) is 11.5. The molecule has 1 unspecified atom stereocenters. The minimum absolute atomic E-state index is 0.00498. The Labute approximate surface area is 197 Å². The lowest BCUT2D eigenvalue weighted by Gasteiger charge is -2.48. The van der Waals surface area contributed by atoms with Crippen molar-refractivity contribution >= 4 is 33.5 Å². The van der Waals surface area contributed by atoms with Gasteiger partial charge in [0.2, 0.25) is 5.91 Å². The molecule has 1 aliphatic carbocycles. The Bertz CT molecular complexity index is 1520. The number of nitrogens with zero attached hydrogens (tertiary/aromatic N) is 5. The van der Waals surface area contributed by atoms with Crippen molar-refractivity contribution in [3.8, 4) is 11.8 Å². The molecule has 2 aromatic carbocycles. The molecule has 1 spiro atoms. The molecule has 0 bridgehead atoms. The highest BCUT2D eigenvalue weighted by Gasteiger charge is 2.50. The van der Waals surface area contributed by atoms with Gasteiger partial charge in [-0.15, -0.1) is 0 Å². The van der Waals surface area contributed by atoms with Gasteiger partial charge in [0.25, 0.3) is 0 Å². The van der Waals surface area contributed by atoms with E-state index >= 15 is 0 Å². The highest BCUT2D eigenvalue weighted by molar-refractivity contribution is 5.91. The SMILES string of the molecule is C=CC(=O)N1CC2(CCC(n3nc(C#Cc4ccc5ccccc5c4)c4c(N)ncnc43)C2)C1. The number of amides is 1. The zero-order chi connectivity index (χ0) is 23.3. The molecule has 168 valence electrons. The third-order valence-corrected chi connectivity index (χ3v) is 7.15. The van der Waals surface area contributed by atoms with Crippen LogP contribution in [0.15, 0.2) is 61.4 Å². The molecular formula is C27H24N6O. The average molecular weight is 449 g/mol. The summed E-state index contributed by atoms with van der Waals surface area (Å²) in [6, 6.07) is 14.6. The smallest absolute Gasteiger partial charge is 0.245 e. The fraction of sp³-hybridized carbons (Fsp3) is 0.259. The van der Waals surface area contributed by atoms with Gasteiger partial charge >= 0.3 is 0 Å². The minimum Gasteiger partial charge on any atom is -0.383 e.